The lowest BCUT2D eigenvalue weighted by molar-refractivity contribution is 0.0696. The maximum absolute atomic E-state index is 12.2. The Bertz CT molecular complexity index is 800. The Kier molecular flexibility index (Phi) is 2.64. The van der Waals surface area contributed by atoms with Crippen molar-refractivity contribution in [2.24, 2.45) is 0 Å². The molecule has 0 unspecified atom stereocenters. The SMILES string of the molecule is O=C(O)c1ccc(-n2[nH]cc(-n3ccnn3)c2=O)nc1. The Morgan fingerprint density at radius 1 is 1.35 bits per heavy atom. The molecule has 0 aliphatic carbocycles. The van der Waals surface area contributed by atoms with Gasteiger partial charge in [-0.1, -0.05) is 5.21 Å². The molecule has 3 aromatic rings. The average molecular weight is 272 g/mol. The highest BCUT2D eigenvalue weighted by molar-refractivity contribution is 5.87. The smallest absolute Gasteiger partial charge is 0.337 e. The molecular weight excluding hydrogens is 264 g/mol. The van der Waals surface area contributed by atoms with Crippen LogP contribution in [0.25, 0.3) is 11.5 Å². The third-order valence-corrected chi connectivity index (χ3v) is 2.65. The fourth-order valence-electron chi connectivity index (χ4n) is 1.68. The normalized spacial score (nSPS) is 10.6. The summed E-state index contributed by atoms with van der Waals surface area (Å²) in [6.07, 6.45) is 5.64. The van der Waals surface area contributed by atoms with Crippen molar-refractivity contribution in [1.29, 1.82) is 0 Å². The van der Waals surface area contributed by atoms with Gasteiger partial charge in [0, 0.05) is 6.20 Å². The Hall–Kier alpha value is -3.23. The first-order valence-corrected chi connectivity index (χ1v) is 5.53. The summed E-state index contributed by atoms with van der Waals surface area (Å²) >= 11 is 0. The van der Waals surface area contributed by atoms with Gasteiger partial charge in [0.05, 0.1) is 24.2 Å². The first-order chi connectivity index (χ1) is 9.66. The van der Waals surface area contributed by atoms with E-state index < -0.39 is 5.97 Å². The lowest BCUT2D eigenvalue weighted by atomic mass is 10.3. The van der Waals surface area contributed by atoms with E-state index in [4.69, 9.17) is 5.11 Å². The van der Waals surface area contributed by atoms with Crippen LogP contribution >= 0.6 is 0 Å². The highest BCUT2D eigenvalue weighted by Gasteiger charge is 2.11. The van der Waals surface area contributed by atoms with Gasteiger partial charge in [-0.25, -0.2) is 14.5 Å². The van der Waals surface area contributed by atoms with Gasteiger partial charge in [0.15, 0.2) is 11.5 Å². The molecule has 0 aliphatic rings. The highest BCUT2D eigenvalue weighted by Crippen LogP contribution is 2.05. The zero-order valence-corrected chi connectivity index (χ0v) is 9.96. The zero-order valence-electron chi connectivity index (χ0n) is 9.96. The molecular formula is C11H8N6O3. The van der Waals surface area contributed by atoms with Crippen molar-refractivity contribution < 1.29 is 9.90 Å². The minimum atomic E-state index is -1.08. The van der Waals surface area contributed by atoms with Crippen LogP contribution in [0.5, 0.6) is 0 Å². The molecule has 0 amide bonds. The van der Waals surface area contributed by atoms with Gasteiger partial charge in [-0.3, -0.25) is 9.89 Å². The van der Waals surface area contributed by atoms with Crippen LogP contribution in [0.2, 0.25) is 0 Å². The van der Waals surface area contributed by atoms with Gasteiger partial charge >= 0.3 is 5.97 Å². The van der Waals surface area contributed by atoms with Crippen molar-refractivity contribution in [2.75, 3.05) is 0 Å². The topological polar surface area (TPSA) is 119 Å². The number of nitrogens with zero attached hydrogens (tertiary/aromatic N) is 5. The molecule has 0 spiro atoms. The third kappa shape index (κ3) is 1.86. The molecule has 3 rings (SSSR count). The number of pyridine rings is 1. The summed E-state index contributed by atoms with van der Waals surface area (Å²) in [5, 5.41) is 18.9. The number of rotatable bonds is 3. The Morgan fingerprint density at radius 2 is 2.20 bits per heavy atom. The van der Waals surface area contributed by atoms with Gasteiger partial charge in [-0.15, -0.1) is 5.10 Å². The number of aromatic carboxylic acids is 1. The second kappa shape index (κ2) is 4.46. The first-order valence-electron chi connectivity index (χ1n) is 5.53. The van der Waals surface area contributed by atoms with E-state index >= 15 is 0 Å². The number of hydrogen-bond acceptors (Lipinski definition) is 5. The van der Waals surface area contributed by atoms with Crippen molar-refractivity contribution in [3.63, 3.8) is 0 Å². The molecule has 0 bridgehead atoms. The van der Waals surface area contributed by atoms with Gasteiger partial charge in [-0.2, -0.15) is 4.68 Å². The summed E-state index contributed by atoms with van der Waals surface area (Å²) in [5.74, 6) is -0.794. The van der Waals surface area contributed by atoms with Gasteiger partial charge in [0.1, 0.15) is 0 Å². The van der Waals surface area contributed by atoms with E-state index in [-0.39, 0.29) is 22.6 Å². The predicted molar refractivity (Wildman–Crippen MR) is 66.1 cm³/mol. The Labute approximate surface area is 111 Å². The number of carboxylic acid groups (broad SMARTS) is 1. The summed E-state index contributed by atoms with van der Waals surface area (Å²) in [4.78, 5) is 26.8. The largest absolute Gasteiger partial charge is 0.478 e. The first kappa shape index (κ1) is 11.8. The number of carbonyl (C=O) groups is 1. The van der Waals surface area contributed by atoms with Crippen molar-refractivity contribution in [2.45, 2.75) is 0 Å². The number of carboxylic acids is 1. The lowest BCUT2D eigenvalue weighted by Gasteiger charge is -2.00. The zero-order chi connectivity index (χ0) is 14.1. The molecule has 0 radical (unpaired) electrons. The average Bonchev–Trinajstić information content (AvgIpc) is 3.08. The van der Waals surface area contributed by atoms with Crippen LogP contribution in [0.15, 0.2) is 41.7 Å². The summed E-state index contributed by atoms with van der Waals surface area (Å²) in [6.45, 7) is 0. The molecule has 0 aromatic carbocycles. The van der Waals surface area contributed by atoms with Crippen molar-refractivity contribution >= 4 is 5.97 Å². The molecule has 2 N–H and O–H groups in total. The summed E-state index contributed by atoms with van der Waals surface area (Å²) in [7, 11) is 0. The Balaban J connectivity index is 2.03. The van der Waals surface area contributed by atoms with Gasteiger partial charge in [-0.05, 0) is 12.1 Å². The summed E-state index contributed by atoms with van der Waals surface area (Å²) in [5.41, 5.74) is -0.0393. The lowest BCUT2D eigenvalue weighted by Crippen LogP contribution is -2.19. The second-order valence-electron chi connectivity index (χ2n) is 3.86. The van der Waals surface area contributed by atoms with Crippen LogP contribution in [-0.2, 0) is 0 Å². The van der Waals surface area contributed by atoms with E-state index in [0.29, 0.717) is 0 Å². The van der Waals surface area contributed by atoms with E-state index in [9.17, 15) is 9.59 Å². The monoisotopic (exact) mass is 272 g/mol. The minimum absolute atomic E-state index is 0.0462. The van der Waals surface area contributed by atoms with E-state index in [0.717, 1.165) is 0 Å². The molecule has 0 saturated heterocycles. The molecule has 0 saturated carbocycles. The number of H-pyrrole nitrogens is 1. The highest BCUT2D eigenvalue weighted by atomic mass is 16.4. The van der Waals surface area contributed by atoms with Crippen LogP contribution in [0.4, 0.5) is 0 Å². The summed E-state index contributed by atoms with van der Waals surface area (Å²) in [6, 6.07) is 2.81. The van der Waals surface area contributed by atoms with E-state index in [2.05, 4.69) is 20.4 Å². The van der Waals surface area contributed by atoms with E-state index in [1.807, 2.05) is 0 Å². The number of aromatic nitrogens is 6. The number of hydrogen-bond donors (Lipinski definition) is 2. The van der Waals surface area contributed by atoms with Crippen LogP contribution in [0.3, 0.4) is 0 Å². The Morgan fingerprint density at radius 3 is 2.80 bits per heavy atom. The van der Waals surface area contributed by atoms with Crippen LogP contribution in [0, 0.1) is 0 Å². The predicted octanol–water partition coefficient (Wildman–Crippen LogP) is -0.161. The van der Waals surface area contributed by atoms with Gasteiger partial charge in [0.2, 0.25) is 0 Å². The van der Waals surface area contributed by atoms with Gasteiger partial charge < -0.3 is 5.11 Å². The van der Waals surface area contributed by atoms with Gasteiger partial charge in [0.25, 0.3) is 5.56 Å². The maximum Gasteiger partial charge on any atom is 0.337 e. The molecule has 9 heteroatoms. The fourth-order valence-corrected chi connectivity index (χ4v) is 1.68. The number of nitrogens with one attached hydrogen (secondary N) is 1. The van der Waals surface area contributed by atoms with Crippen molar-refractivity contribution in [3.8, 4) is 11.5 Å². The third-order valence-electron chi connectivity index (χ3n) is 2.65. The molecule has 0 fully saturated rings. The summed E-state index contributed by atoms with van der Waals surface area (Å²) < 4.78 is 2.50. The second-order valence-corrected chi connectivity index (χ2v) is 3.86. The molecule has 3 aromatic heterocycles. The molecule has 20 heavy (non-hydrogen) atoms. The molecule has 0 aliphatic heterocycles. The fraction of sp³-hybridized carbons (Fsp3) is 0. The molecule has 100 valence electrons. The van der Waals surface area contributed by atoms with E-state index in [1.54, 1.807) is 0 Å². The maximum atomic E-state index is 12.2. The van der Waals surface area contributed by atoms with Crippen LogP contribution in [-0.4, -0.2) is 40.8 Å². The quantitative estimate of drug-likeness (QED) is 0.683. The minimum Gasteiger partial charge on any atom is -0.478 e. The van der Waals surface area contributed by atoms with Crippen LogP contribution in [0.1, 0.15) is 10.4 Å². The van der Waals surface area contributed by atoms with E-state index in [1.165, 1.54) is 46.3 Å². The number of aromatic amines is 1. The molecule has 0 atom stereocenters. The van der Waals surface area contributed by atoms with Crippen LogP contribution < -0.4 is 5.56 Å². The van der Waals surface area contributed by atoms with Crippen molar-refractivity contribution in [1.82, 2.24) is 29.8 Å². The molecule has 3 heterocycles. The standard InChI is InChI=1S/C11H8N6O3/c18-10-8(16-4-3-13-15-16)6-14-17(10)9-2-1-7(5-12-9)11(19)20/h1-6,14H,(H,19,20). The molecule has 9 nitrogen and oxygen atoms in total. The van der Waals surface area contributed by atoms with Crippen molar-refractivity contribution in [3.05, 3.63) is 52.8 Å².